The lowest BCUT2D eigenvalue weighted by molar-refractivity contribution is 0.102. The van der Waals surface area contributed by atoms with Crippen molar-refractivity contribution in [3.8, 4) is 0 Å². The van der Waals surface area contributed by atoms with Gasteiger partial charge in [0, 0.05) is 24.5 Å². The molecule has 1 amide bonds. The third-order valence-electron chi connectivity index (χ3n) is 3.76. The van der Waals surface area contributed by atoms with Crippen LogP contribution in [0.5, 0.6) is 0 Å². The van der Waals surface area contributed by atoms with Crippen LogP contribution in [0.1, 0.15) is 49.8 Å². The topological polar surface area (TPSA) is 58.1 Å². The number of carbonyl (C=O) groups is 1. The predicted molar refractivity (Wildman–Crippen MR) is 94.1 cm³/mol. The van der Waals surface area contributed by atoms with Crippen molar-refractivity contribution >= 4 is 17.3 Å². The van der Waals surface area contributed by atoms with Gasteiger partial charge in [-0.3, -0.25) is 4.79 Å². The largest absolute Gasteiger partial charge is 0.372 e. The van der Waals surface area contributed by atoms with Crippen molar-refractivity contribution in [1.82, 2.24) is 10.2 Å². The minimum Gasteiger partial charge on any atom is -0.372 e. The summed E-state index contributed by atoms with van der Waals surface area (Å²) in [6.45, 7) is 10.2. The highest BCUT2D eigenvalue weighted by atomic mass is 16.1. The maximum Gasteiger partial charge on any atom is 0.276 e. The van der Waals surface area contributed by atoms with Crippen LogP contribution in [-0.4, -0.2) is 29.2 Å². The van der Waals surface area contributed by atoms with E-state index in [2.05, 4.69) is 34.3 Å². The van der Waals surface area contributed by atoms with Gasteiger partial charge in [0.2, 0.25) is 0 Å². The Balaban J connectivity index is 2.05. The molecule has 0 spiro atoms. The summed E-state index contributed by atoms with van der Waals surface area (Å²) in [5, 5.41) is 10.9. The Morgan fingerprint density at radius 3 is 2.17 bits per heavy atom. The number of anilines is 2. The molecule has 0 fully saturated rings. The number of rotatable bonds is 6. The second-order valence-electron chi connectivity index (χ2n) is 5.67. The van der Waals surface area contributed by atoms with Crippen LogP contribution in [0.3, 0.4) is 0 Å². The molecule has 1 aromatic heterocycles. The van der Waals surface area contributed by atoms with Crippen molar-refractivity contribution in [2.24, 2.45) is 0 Å². The fraction of sp³-hybridized carbons (Fsp3) is 0.389. The van der Waals surface area contributed by atoms with Crippen LogP contribution < -0.4 is 10.2 Å². The lowest BCUT2D eigenvalue weighted by atomic mass is 10.1. The minimum absolute atomic E-state index is 0.247. The Morgan fingerprint density at radius 2 is 1.70 bits per heavy atom. The zero-order valence-electron chi connectivity index (χ0n) is 14.2. The lowest BCUT2D eigenvalue weighted by Crippen LogP contribution is -2.21. The molecule has 2 aromatic rings. The predicted octanol–water partition coefficient (Wildman–Crippen LogP) is 3.70. The quantitative estimate of drug-likeness (QED) is 0.883. The molecule has 1 heterocycles. The van der Waals surface area contributed by atoms with Gasteiger partial charge in [0.1, 0.15) is 0 Å². The molecule has 0 unspecified atom stereocenters. The smallest absolute Gasteiger partial charge is 0.276 e. The number of nitrogens with zero attached hydrogens (tertiary/aromatic N) is 3. The molecular formula is C18H24N4O. The van der Waals surface area contributed by atoms with Crippen LogP contribution >= 0.6 is 0 Å². The molecule has 5 heteroatoms. The fourth-order valence-electron chi connectivity index (χ4n) is 2.31. The molecule has 0 aliphatic heterocycles. The first-order valence-electron chi connectivity index (χ1n) is 8.05. The molecule has 2 rings (SSSR count). The highest BCUT2D eigenvalue weighted by Crippen LogP contribution is 2.18. The van der Waals surface area contributed by atoms with Crippen LogP contribution in [0.4, 0.5) is 11.4 Å². The van der Waals surface area contributed by atoms with E-state index in [1.54, 1.807) is 6.07 Å². The first-order chi connectivity index (χ1) is 11.0. The van der Waals surface area contributed by atoms with Crippen LogP contribution in [0, 0.1) is 0 Å². The summed E-state index contributed by atoms with van der Waals surface area (Å²) < 4.78 is 0. The zero-order chi connectivity index (χ0) is 16.8. The van der Waals surface area contributed by atoms with Gasteiger partial charge in [-0.05, 0) is 56.2 Å². The molecule has 122 valence electrons. The average Bonchev–Trinajstić information content (AvgIpc) is 2.57. The van der Waals surface area contributed by atoms with Crippen molar-refractivity contribution < 1.29 is 4.79 Å². The van der Waals surface area contributed by atoms with Crippen LogP contribution in [0.25, 0.3) is 0 Å². The SMILES string of the molecule is CCN(CC)c1ccc(NC(=O)c2ccc(C(C)C)nn2)cc1. The second-order valence-corrected chi connectivity index (χ2v) is 5.67. The monoisotopic (exact) mass is 312 g/mol. The van der Waals surface area contributed by atoms with E-state index in [0.29, 0.717) is 11.6 Å². The van der Waals surface area contributed by atoms with Gasteiger partial charge in [0.15, 0.2) is 5.69 Å². The number of benzene rings is 1. The molecule has 0 atom stereocenters. The Hall–Kier alpha value is -2.43. The number of amides is 1. The van der Waals surface area contributed by atoms with Gasteiger partial charge in [-0.15, -0.1) is 5.10 Å². The summed E-state index contributed by atoms with van der Waals surface area (Å²) >= 11 is 0. The summed E-state index contributed by atoms with van der Waals surface area (Å²) in [5.41, 5.74) is 3.10. The summed E-state index contributed by atoms with van der Waals surface area (Å²) in [4.78, 5) is 14.5. The van der Waals surface area contributed by atoms with E-state index in [9.17, 15) is 4.79 Å². The zero-order valence-corrected chi connectivity index (χ0v) is 14.2. The van der Waals surface area contributed by atoms with Gasteiger partial charge in [0.25, 0.3) is 5.91 Å². The molecule has 0 aliphatic carbocycles. The Bertz CT molecular complexity index is 631. The maximum atomic E-state index is 12.2. The second kappa shape index (κ2) is 7.72. The van der Waals surface area contributed by atoms with Crippen LogP contribution in [0.15, 0.2) is 36.4 Å². The lowest BCUT2D eigenvalue weighted by Gasteiger charge is -2.21. The first kappa shape index (κ1) is 16.9. The molecule has 23 heavy (non-hydrogen) atoms. The molecule has 0 saturated carbocycles. The first-order valence-corrected chi connectivity index (χ1v) is 8.05. The van der Waals surface area contributed by atoms with E-state index in [0.717, 1.165) is 30.2 Å². The molecular weight excluding hydrogens is 288 g/mol. The highest BCUT2D eigenvalue weighted by Gasteiger charge is 2.10. The number of hydrogen-bond donors (Lipinski definition) is 1. The molecule has 0 radical (unpaired) electrons. The summed E-state index contributed by atoms with van der Waals surface area (Å²) in [7, 11) is 0. The molecule has 0 aliphatic rings. The normalized spacial score (nSPS) is 10.7. The summed E-state index contributed by atoms with van der Waals surface area (Å²) in [5.74, 6) is 0.0515. The van der Waals surface area contributed by atoms with E-state index in [1.807, 2.05) is 44.2 Å². The van der Waals surface area contributed by atoms with E-state index < -0.39 is 0 Å². The van der Waals surface area contributed by atoms with Crippen molar-refractivity contribution in [2.45, 2.75) is 33.6 Å². The fourth-order valence-corrected chi connectivity index (χ4v) is 2.31. The Kier molecular flexibility index (Phi) is 5.68. The molecule has 0 bridgehead atoms. The standard InChI is InChI=1S/C18H24N4O/c1-5-22(6-2)15-9-7-14(8-10-15)19-18(23)17-12-11-16(13(3)4)20-21-17/h7-13H,5-6H2,1-4H3,(H,19,23). The van der Waals surface area contributed by atoms with Gasteiger partial charge < -0.3 is 10.2 Å². The van der Waals surface area contributed by atoms with E-state index in [1.165, 1.54) is 0 Å². The number of carbonyl (C=O) groups excluding carboxylic acids is 1. The molecule has 1 aromatic carbocycles. The van der Waals surface area contributed by atoms with Crippen molar-refractivity contribution in [3.05, 3.63) is 47.8 Å². The number of hydrogen-bond acceptors (Lipinski definition) is 4. The Morgan fingerprint density at radius 1 is 1.04 bits per heavy atom. The summed E-state index contributed by atoms with van der Waals surface area (Å²) in [6, 6.07) is 11.4. The van der Waals surface area contributed by atoms with E-state index in [4.69, 9.17) is 0 Å². The van der Waals surface area contributed by atoms with Gasteiger partial charge in [-0.2, -0.15) is 5.10 Å². The number of aromatic nitrogens is 2. The van der Waals surface area contributed by atoms with E-state index >= 15 is 0 Å². The van der Waals surface area contributed by atoms with Crippen molar-refractivity contribution in [2.75, 3.05) is 23.3 Å². The maximum absolute atomic E-state index is 12.2. The van der Waals surface area contributed by atoms with Gasteiger partial charge in [0.05, 0.1) is 5.69 Å². The van der Waals surface area contributed by atoms with Gasteiger partial charge in [-0.1, -0.05) is 13.8 Å². The third kappa shape index (κ3) is 4.28. The minimum atomic E-state index is -0.247. The molecule has 0 saturated heterocycles. The third-order valence-corrected chi connectivity index (χ3v) is 3.76. The Labute approximate surface area is 137 Å². The van der Waals surface area contributed by atoms with Gasteiger partial charge >= 0.3 is 0 Å². The average molecular weight is 312 g/mol. The summed E-state index contributed by atoms with van der Waals surface area (Å²) in [6.07, 6.45) is 0. The van der Waals surface area contributed by atoms with Gasteiger partial charge in [-0.25, -0.2) is 0 Å². The van der Waals surface area contributed by atoms with Crippen molar-refractivity contribution in [3.63, 3.8) is 0 Å². The molecule has 5 nitrogen and oxygen atoms in total. The van der Waals surface area contributed by atoms with Crippen molar-refractivity contribution in [1.29, 1.82) is 0 Å². The highest BCUT2D eigenvalue weighted by molar-refractivity contribution is 6.02. The molecule has 1 N–H and O–H groups in total. The number of nitrogens with one attached hydrogen (secondary N) is 1. The van der Waals surface area contributed by atoms with Crippen LogP contribution in [-0.2, 0) is 0 Å². The van der Waals surface area contributed by atoms with E-state index in [-0.39, 0.29) is 5.91 Å². The van der Waals surface area contributed by atoms with Crippen LogP contribution in [0.2, 0.25) is 0 Å².